The lowest BCUT2D eigenvalue weighted by Crippen LogP contribution is -2.20. The molecule has 1 atom stereocenters. The summed E-state index contributed by atoms with van der Waals surface area (Å²) in [5.74, 6) is 0. The fourth-order valence-corrected chi connectivity index (χ4v) is 2.23. The molecule has 0 spiro atoms. The molecule has 0 aliphatic heterocycles. The van der Waals surface area contributed by atoms with Crippen LogP contribution < -0.4 is 0 Å². The Kier molecular flexibility index (Phi) is 4.37. The van der Waals surface area contributed by atoms with Gasteiger partial charge in [0, 0.05) is 0 Å². The minimum absolute atomic E-state index is 0.368. The van der Waals surface area contributed by atoms with Crippen LogP contribution in [0, 0.1) is 0 Å². The molecule has 88 valence electrons. The van der Waals surface area contributed by atoms with Crippen molar-refractivity contribution in [2.45, 2.75) is 44.3 Å². The van der Waals surface area contributed by atoms with Crippen molar-refractivity contribution in [1.29, 1.82) is 0 Å². The summed E-state index contributed by atoms with van der Waals surface area (Å²) >= 11 is 0. The number of hydrogen-bond donors (Lipinski definition) is 1. The number of ether oxygens (including phenoxy) is 1. The quantitative estimate of drug-likeness (QED) is 0.845. The Morgan fingerprint density at radius 3 is 2.50 bits per heavy atom. The lowest BCUT2D eigenvalue weighted by molar-refractivity contribution is -0.0245. The predicted octanol–water partition coefficient (Wildman–Crippen LogP) is 3.07. The van der Waals surface area contributed by atoms with Gasteiger partial charge in [-0.25, -0.2) is 0 Å². The first-order valence-corrected chi connectivity index (χ1v) is 6.21. The molecule has 1 aromatic carbocycles. The highest BCUT2D eigenvalue weighted by molar-refractivity contribution is 5.17. The van der Waals surface area contributed by atoms with E-state index >= 15 is 0 Å². The van der Waals surface area contributed by atoms with Gasteiger partial charge in [0.15, 0.2) is 0 Å². The van der Waals surface area contributed by atoms with Gasteiger partial charge in [-0.2, -0.15) is 0 Å². The van der Waals surface area contributed by atoms with Crippen LogP contribution in [0.1, 0.15) is 43.8 Å². The van der Waals surface area contributed by atoms with Crippen LogP contribution in [0.15, 0.2) is 30.3 Å². The van der Waals surface area contributed by atoms with Crippen molar-refractivity contribution in [2.24, 2.45) is 0 Å². The molecule has 16 heavy (non-hydrogen) atoms. The summed E-state index contributed by atoms with van der Waals surface area (Å²) in [4.78, 5) is 0. The lowest BCUT2D eigenvalue weighted by atomic mass is 9.98. The van der Waals surface area contributed by atoms with E-state index in [0.29, 0.717) is 12.7 Å². The molecule has 0 bridgehead atoms. The Labute approximate surface area is 97.3 Å². The third-order valence-electron chi connectivity index (χ3n) is 3.23. The molecule has 0 amide bonds. The molecule has 1 unspecified atom stereocenters. The third-order valence-corrected chi connectivity index (χ3v) is 3.23. The molecule has 1 saturated carbocycles. The molecule has 2 rings (SSSR count). The molecule has 1 aliphatic carbocycles. The van der Waals surface area contributed by atoms with Gasteiger partial charge in [-0.15, -0.1) is 0 Å². The van der Waals surface area contributed by atoms with Crippen LogP contribution in [0.25, 0.3) is 0 Å². The minimum atomic E-state index is -0.483. The molecule has 1 aromatic rings. The van der Waals surface area contributed by atoms with Crippen LogP contribution in [-0.2, 0) is 4.74 Å². The second-order valence-corrected chi connectivity index (χ2v) is 4.52. The molecule has 0 heterocycles. The molecule has 1 N–H and O–H groups in total. The van der Waals surface area contributed by atoms with Gasteiger partial charge in [0.25, 0.3) is 0 Å². The summed E-state index contributed by atoms with van der Waals surface area (Å²) in [6, 6.07) is 9.72. The zero-order valence-electron chi connectivity index (χ0n) is 9.64. The maximum absolute atomic E-state index is 9.93. The van der Waals surface area contributed by atoms with Gasteiger partial charge in [-0.1, -0.05) is 49.6 Å². The maximum Gasteiger partial charge on any atom is 0.102 e. The van der Waals surface area contributed by atoms with Crippen molar-refractivity contribution in [1.82, 2.24) is 0 Å². The molecule has 1 fully saturated rings. The van der Waals surface area contributed by atoms with Gasteiger partial charge in [0.1, 0.15) is 6.10 Å². The second-order valence-electron chi connectivity index (χ2n) is 4.52. The third kappa shape index (κ3) is 3.32. The van der Waals surface area contributed by atoms with Crippen LogP contribution in [-0.4, -0.2) is 17.8 Å². The summed E-state index contributed by atoms with van der Waals surface area (Å²) in [5.41, 5.74) is 0.943. The average molecular weight is 220 g/mol. The zero-order valence-corrected chi connectivity index (χ0v) is 9.64. The molecule has 0 saturated heterocycles. The topological polar surface area (TPSA) is 29.5 Å². The van der Waals surface area contributed by atoms with Gasteiger partial charge in [-0.3, -0.25) is 0 Å². The second kappa shape index (κ2) is 6.02. The zero-order chi connectivity index (χ0) is 11.2. The van der Waals surface area contributed by atoms with E-state index in [-0.39, 0.29) is 0 Å². The summed E-state index contributed by atoms with van der Waals surface area (Å²) < 4.78 is 5.75. The highest BCUT2D eigenvalue weighted by atomic mass is 16.5. The van der Waals surface area contributed by atoms with Crippen molar-refractivity contribution < 1.29 is 9.84 Å². The van der Waals surface area contributed by atoms with E-state index in [2.05, 4.69) is 0 Å². The van der Waals surface area contributed by atoms with Crippen LogP contribution in [0.3, 0.4) is 0 Å². The van der Waals surface area contributed by atoms with Crippen LogP contribution in [0.5, 0.6) is 0 Å². The standard InChI is InChI=1S/C14H20O2/c15-14(12-7-3-1-4-8-12)11-16-13-9-5-2-6-10-13/h1,3-4,7-8,13-15H,2,5-6,9-11H2. The molecular formula is C14H20O2. The molecule has 0 aromatic heterocycles. The maximum atomic E-state index is 9.93. The van der Waals surface area contributed by atoms with E-state index in [1.807, 2.05) is 30.3 Å². The molecule has 2 heteroatoms. The van der Waals surface area contributed by atoms with Crippen molar-refractivity contribution in [3.8, 4) is 0 Å². The summed E-state index contributed by atoms with van der Waals surface area (Å²) in [6.07, 6.45) is 6.07. The van der Waals surface area contributed by atoms with Crippen LogP contribution in [0.2, 0.25) is 0 Å². The van der Waals surface area contributed by atoms with E-state index in [0.717, 1.165) is 18.4 Å². The Hall–Kier alpha value is -0.860. The number of benzene rings is 1. The van der Waals surface area contributed by atoms with Gasteiger partial charge in [0.05, 0.1) is 12.7 Å². The minimum Gasteiger partial charge on any atom is -0.386 e. The monoisotopic (exact) mass is 220 g/mol. The predicted molar refractivity (Wildman–Crippen MR) is 64.2 cm³/mol. The van der Waals surface area contributed by atoms with Gasteiger partial charge in [0.2, 0.25) is 0 Å². The van der Waals surface area contributed by atoms with Crippen molar-refractivity contribution in [2.75, 3.05) is 6.61 Å². The largest absolute Gasteiger partial charge is 0.386 e. The van der Waals surface area contributed by atoms with Crippen molar-refractivity contribution in [3.05, 3.63) is 35.9 Å². The van der Waals surface area contributed by atoms with E-state index in [1.165, 1.54) is 19.3 Å². The molecule has 0 radical (unpaired) electrons. The van der Waals surface area contributed by atoms with Crippen molar-refractivity contribution in [3.63, 3.8) is 0 Å². The molecular weight excluding hydrogens is 200 g/mol. The summed E-state index contributed by atoms with van der Waals surface area (Å²) in [6.45, 7) is 0.425. The summed E-state index contributed by atoms with van der Waals surface area (Å²) in [5, 5.41) is 9.93. The van der Waals surface area contributed by atoms with Crippen molar-refractivity contribution >= 4 is 0 Å². The highest BCUT2D eigenvalue weighted by Crippen LogP contribution is 2.22. The Bertz CT molecular complexity index is 291. The van der Waals surface area contributed by atoms with Gasteiger partial charge < -0.3 is 9.84 Å². The van der Waals surface area contributed by atoms with E-state index < -0.39 is 6.10 Å². The van der Waals surface area contributed by atoms with Gasteiger partial charge in [-0.05, 0) is 18.4 Å². The fourth-order valence-electron chi connectivity index (χ4n) is 2.23. The first-order chi connectivity index (χ1) is 7.86. The summed E-state index contributed by atoms with van der Waals surface area (Å²) in [7, 11) is 0. The number of hydrogen-bond acceptors (Lipinski definition) is 2. The Morgan fingerprint density at radius 1 is 1.12 bits per heavy atom. The number of rotatable bonds is 4. The Balaban J connectivity index is 1.77. The van der Waals surface area contributed by atoms with Crippen LogP contribution >= 0.6 is 0 Å². The highest BCUT2D eigenvalue weighted by Gasteiger charge is 2.15. The smallest absolute Gasteiger partial charge is 0.102 e. The average Bonchev–Trinajstić information content (AvgIpc) is 2.38. The first-order valence-electron chi connectivity index (χ1n) is 6.21. The fraction of sp³-hybridized carbons (Fsp3) is 0.571. The molecule has 2 nitrogen and oxygen atoms in total. The van der Waals surface area contributed by atoms with E-state index in [4.69, 9.17) is 4.74 Å². The van der Waals surface area contributed by atoms with E-state index in [9.17, 15) is 5.11 Å². The first kappa shape index (κ1) is 11.6. The molecule has 1 aliphatic rings. The number of aliphatic hydroxyl groups is 1. The van der Waals surface area contributed by atoms with Gasteiger partial charge >= 0.3 is 0 Å². The van der Waals surface area contributed by atoms with Crippen LogP contribution in [0.4, 0.5) is 0 Å². The Morgan fingerprint density at radius 2 is 1.81 bits per heavy atom. The normalized spacial score (nSPS) is 19.6. The number of aliphatic hydroxyl groups excluding tert-OH is 1. The SMILES string of the molecule is OC(COC1CCCCC1)c1ccccc1. The van der Waals surface area contributed by atoms with E-state index in [1.54, 1.807) is 0 Å². The lowest BCUT2D eigenvalue weighted by Gasteiger charge is -2.23.